The molecule has 2 rings (SSSR count). The summed E-state index contributed by atoms with van der Waals surface area (Å²) in [4.78, 5) is 26.5. The average Bonchev–Trinajstić information content (AvgIpc) is 2.40. The first-order valence-corrected chi connectivity index (χ1v) is 7.23. The fraction of sp³-hybridized carbons (Fsp3) is 0.375. The third-order valence-corrected chi connectivity index (χ3v) is 3.34. The molecule has 0 saturated heterocycles. The standard InChI is InChI=1S/C16H20FN3O2/c1-10(2)20-15(21)9-14(19-16(20)22)18-11(3)8-12-4-6-13(17)7-5-12/h4-7,9-11,18H,8H2,1-3H3,(H,19,22)/t11-/m0/s1. The van der Waals surface area contributed by atoms with Crippen LogP contribution in [0.1, 0.15) is 32.4 Å². The molecule has 0 bridgehead atoms. The summed E-state index contributed by atoms with van der Waals surface area (Å²) >= 11 is 0. The maximum Gasteiger partial charge on any atom is 0.330 e. The van der Waals surface area contributed by atoms with E-state index in [0.29, 0.717) is 12.2 Å². The molecule has 0 spiro atoms. The van der Waals surface area contributed by atoms with Gasteiger partial charge in [0.25, 0.3) is 5.56 Å². The van der Waals surface area contributed by atoms with Crippen molar-refractivity contribution in [3.05, 3.63) is 62.6 Å². The maximum absolute atomic E-state index is 12.9. The highest BCUT2D eigenvalue weighted by atomic mass is 19.1. The van der Waals surface area contributed by atoms with Gasteiger partial charge in [0.05, 0.1) is 0 Å². The van der Waals surface area contributed by atoms with Crippen molar-refractivity contribution in [1.29, 1.82) is 0 Å². The lowest BCUT2D eigenvalue weighted by Gasteiger charge is -2.16. The minimum Gasteiger partial charge on any atom is -0.369 e. The van der Waals surface area contributed by atoms with Gasteiger partial charge in [-0.1, -0.05) is 12.1 Å². The van der Waals surface area contributed by atoms with E-state index in [0.717, 1.165) is 10.1 Å². The molecule has 2 N–H and O–H groups in total. The molecule has 1 heterocycles. The van der Waals surface area contributed by atoms with Gasteiger partial charge in [-0.05, 0) is 44.9 Å². The van der Waals surface area contributed by atoms with E-state index in [9.17, 15) is 14.0 Å². The van der Waals surface area contributed by atoms with Crippen LogP contribution in [-0.2, 0) is 6.42 Å². The minimum atomic E-state index is -0.431. The van der Waals surface area contributed by atoms with Crippen molar-refractivity contribution in [1.82, 2.24) is 9.55 Å². The first-order chi connectivity index (χ1) is 10.4. The molecule has 6 heteroatoms. The van der Waals surface area contributed by atoms with Crippen LogP contribution in [0.2, 0.25) is 0 Å². The molecule has 0 radical (unpaired) electrons. The summed E-state index contributed by atoms with van der Waals surface area (Å²) in [6.07, 6.45) is 0.648. The average molecular weight is 305 g/mol. The van der Waals surface area contributed by atoms with Gasteiger partial charge in [-0.25, -0.2) is 9.18 Å². The van der Waals surface area contributed by atoms with E-state index in [1.54, 1.807) is 26.0 Å². The lowest BCUT2D eigenvalue weighted by atomic mass is 10.1. The van der Waals surface area contributed by atoms with Crippen LogP contribution in [0.4, 0.5) is 10.2 Å². The first kappa shape index (κ1) is 16.0. The van der Waals surface area contributed by atoms with Gasteiger partial charge < -0.3 is 5.32 Å². The summed E-state index contributed by atoms with van der Waals surface area (Å²) in [6, 6.07) is 7.42. The second-order valence-electron chi connectivity index (χ2n) is 5.67. The van der Waals surface area contributed by atoms with Crippen molar-refractivity contribution in [2.75, 3.05) is 5.32 Å². The Morgan fingerprint density at radius 2 is 1.82 bits per heavy atom. The lowest BCUT2D eigenvalue weighted by molar-refractivity contribution is 0.546. The summed E-state index contributed by atoms with van der Waals surface area (Å²) in [5.74, 6) is 0.118. The number of aromatic amines is 1. The molecule has 1 aromatic heterocycles. The van der Waals surface area contributed by atoms with Crippen molar-refractivity contribution < 1.29 is 4.39 Å². The summed E-state index contributed by atoms with van der Waals surface area (Å²) in [6.45, 7) is 5.48. The number of nitrogens with zero attached hydrogens (tertiary/aromatic N) is 1. The maximum atomic E-state index is 12.9. The minimum absolute atomic E-state index is 0.0181. The van der Waals surface area contributed by atoms with E-state index in [2.05, 4.69) is 10.3 Å². The number of hydrogen-bond donors (Lipinski definition) is 2. The number of rotatable bonds is 5. The fourth-order valence-electron chi connectivity index (χ4n) is 2.36. The molecule has 0 saturated carbocycles. The highest BCUT2D eigenvalue weighted by Gasteiger charge is 2.09. The summed E-state index contributed by atoms with van der Waals surface area (Å²) in [5.41, 5.74) is 0.202. The molecule has 2 aromatic rings. The van der Waals surface area contributed by atoms with Gasteiger partial charge in [-0.2, -0.15) is 0 Å². The largest absolute Gasteiger partial charge is 0.369 e. The molecule has 5 nitrogen and oxygen atoms in total. The van der Waals surface area contributed by atoms with Crippen molar-refractivity contribution >= 4 is 5.82 Å². The Hall–Kier alpha value is -2.37. The number of halogens is 1. The van der Waals surface area contributed by atoms with Gasteiger partial charge in [0, 0.05) is 18.2 Å². The van der Waals surface area contributed by atoms with Crippen molar-refractivity contribution in [2.24, 2.45) is 0 Å². The number of anilines is 1. The smallest absolute Gasteiger partial charge is 0.330 e. The monoisotopic (exact) mass is 305 g/mol. The number of H-pyrrole nitrogens is 1. The molecule has 0 aliphatic carbocycles. The number of hydrogen-bond acceptors (Lipinski definition) is 3. The van der Waals surface area contributed by atoms with Crippen molar-refractivity contribution in [3.63, 3.8) is 0 Å². The Bertz CT molecular complexity index is 716. The third kappa shape index (κ3) is 3.84. The summed E-state index contributed by atoms with van der Waals surface area (Å²) in [5, 5.41) is 3.09. The molecule has 1 aromatic carbocycles. The Kier molecular flexibility index (Phi) is 4.80. The van der Waals surface area contributed by atoms with Crippen molar-refractivity contribution in [2.45, 2.75) is 39.3 Å². The van der Waals surface area contributed by atoms with Crippen LogP contribution in [-0.4, -0.2) is 15.6 Å². The van der Waals surface area contributed by atoms with E-state index in [1.165, 1.54) is 18.2 Å². The van der Waals surface area contributed by atoms with Gasteiger partial charge in [-0.15, -0.1) is 0 Å². The van der Waals surface area contributed by atoms with Crippen LogP contribution in [0, 0.1) is 5.82 Å². The van der Waals surface area contributed by atoms with Gasteiger partial charge in [0.15, 0.2) is 0 Å². The van der Waals surface area contributed by atoms with Crippen LogP contribution >= 0.6 is 0 Å². The second kappa shape index (κ2) is 6.60. The molecule has 0 unspecified atom stereocenters. The molecule has 118 valence electrons. The van der Waals surface area contributed by atoms with Gasteiger partial charge in [0.2, 0.25) is 0 Å². The zero-order valence-electron chi connectivity index (χ0n) is 12.9. The number of benzene rings is 1. The quantitative estimate of drug-likeness (QED) is 0.890. The second-order valence-corrected chi connectivity index (χ2v) is 5.67. The molecule has 0 amide bonds. The topological polar surface area (TPSA) is 66.9 Å². The fourth-order valence-corrected chi connectivity index (χ4v) is 2.36. The van der Waals surface area contributed by atoms with Crippen LogP contribution in [0.25, 0.3) is 0 Å². The van der Waals surface area contributed by atoms with Crippen molar-refractivity contribution in [3.8, 4) is 0 Å². The molecule has 0 aliphatic rings. The molecule has 22 heavy (non-hydrogen) atoms. The van der Waals surface area contributed by atoms with Crippen LogP contribution < -0.4 is 16.6 Å². The third-order valence-electron chi connectivity index (χ3n) is 3.34. The Labute approximate surface area is 127 Å². The van der Waals surface area contributed by atoms with Crippen LogP contribution in [0.3, 0.4) is 0 Å². The predicted octanol–water partition coefficient (Wildman–Crippen LogP) is 2.30. The highest BCUT2D eigenvalue weighted by Crippen LogP contribution is 2.08. The molecular weight excluding hydrogens is 285 g/mol. The summed E-state index contributed by atoms with van der Waals surface area (Å²) < 4.78 is 14.0. The number of nitrogens with one attached hydrogen (secondary N) is 2. The zero-order chi connectivity index (χ0) is 16.3. The normalized spacial score (nSPS) is 12.4. The molecular formula is C16H20FN3O2. The van der Waals surface area contributed by atoms with Gasteiger partial charge >= 0.3 is 5.69 Å². The van der Waals surface area contributed by atoms with Crippen LogP contribution in [0.15, 0.2) is 39.9 Å². The Morgan fingerprint density at radius 3 is 2.36 bits per heavy atom. The van der Waals surface area contributed by atoms with Gasteiger partial charge in [0.1, 0.15) is 11.6 Å². The van der Waals surface area contributed by atoms with E-state index < -0.39 is 5.69 Å². The lowest BCUT2D eigenvalue weighted by Crippen LogP contribution is -2.37. The van der Waals surface area contributed by atoms with E-state index in [-0.39, 0.29) is 23.5 Å². The molecule has 0 fully saturated rings. The highest BCUT2D eigenvalue weighted by molar-refractivity contribution is 5.34. The predicted molar refractivity (Wildman–Crippen MR) is 84.9 cm³/mol. The SMILES string of the molecule is CC(C)n1c(=O)cc(N[C@@H](C)Cc2ccc(F)cc2)[nH]c1=O. The Balaban J connectivity index is 2.12. The van der Waals surface area contributed by atoms with Gasteiger partial charge in [-0.3, -0.25) is 14.3 Å². The first-order valence-electron chi connectivity index (χ1n) is 7.23. The molecule has 1 atom stereocenters. The Morgan fingerprint density at radius 1 is 1.18 bits per heavy atom. The van der Waals surface area contributed by atoms with Crippen LogP contribution in [0.5, 0.6) is 0 Å². The number of aromatic nitrogens is 2. The zero-order valence-corrected chi connectivity index (χ0v) is 12.9. The van der Waals surface area contributed by atoms with E-state index in [1.807, 2.05) is 6.92 Å². The summed E-state index contributed by atoms with van der Waals surface area (Å²) in [7, 11) is 0. The van der Waals surface area contributed by atoms with E-state index >= 15 is 0 Å². The van der Waals surface area contributed by atoms with E-state index in [4.69, 9.17) is 0 Å². The molecule has 0 aliphatic heterocycles.